The van der Waals surface area contributed by atoms with Crippen LogP contribution in [-0.4, -0.2) is 21.5 Å². The molecule has 8 heteroatoms. The van der Waals surface area contributed by atoms with Gasteiger partial charge in [0, 0.05) is 27.6 Å². The Balaban J connectivity index is 1.83. The van der Waals surface area contributed by atoms with E-state index >= 15 is 0 Å². The fourth-order valence-corrected chi connectivity index (χ4v) is 4.03. The molecule has 7 nitrogen and oxygen atoms in total. The van der Waals surface area contributed by atoms with Gasteiger partial charge in [0.2, 0.25) is 11.7 Å². The number of aromatic amines is 1. The molecule has 2 aliphatic rings. The average molecular weight is 405 g/mol. The summed E-state index contributed by atoms with van der Waals surface area (Å²) in [5, 5.41) is 3.40. The van der Waals surface area contributed by atoms with E-state index in [1.807, 2.05) is 0 Å². The molecule has 0 amide bonds. The third kappa shape index (κ3) is 2.51. The molecule has 2 heterocycles. The van der Waals surface area contributed by atoms with Gasteiger partial charge in [0.25, 0.3) is 5.56 Å². The van der Waals surface area contributed by atoms with Crippen LogP contribution in [0.1, 0.15) is 37.8 Å². The minimum atomic E-state index is -0.792. The number of halogens is 1. The molecule has 0 bridgehead atoms. The highest BCUT2D eigenvalue weighted by Crippen LogP contribution is 2.44. The number of carbonyl (C=O) groups excluding carboxylic acids is 2. The minimum Gasteiger partial charge on any atom is -0.369 e. The molecule has 0 radical (unpaired) electrons. The first kappa shape index (κ1) is 17.4. The van der Waals surface area contributed by atoms with Crippen LogP contribution < -0.4 is 16.6 Å². The summed E-state index contributed by atoms with van der Waals surface area (Å²) in [6.07, 6.45) is 0. The summed E-state index contributed by atoms with van der Waals surface area (Å²) in [5.74, 6) is -1.37. The number of nitrogens with one attached hydrogen (secondary N) is 2. The van der Waals surface area contributed by atoms with Crippen molar-refractivity contribution in [2.24, 2.45) is 0 Å². The van der Waals surface area contributed by atoms with Crippen LogP contribution >= 0.6 is 11.6 Å². The lowest BCUT2D eigenvalue weighted by Gasteiger charge is -2.32. The molecule has 5 rings (SSSR count). The Labute approximate surface area is 169 Å². The Morgan fingerprint density at radius 2 is 1.59 bits per heavy atom. The van der Waals surface area contributed by atoms with E-state index in [9.17, 15) is 14.4 Å². The highest BCUT2D eigenvalue weighted by molar-refractivity contribution is 6.30. The van der Waals surface area contributed by atoms with E-state index in [1.54, 1.807) is 48.5 Å². The summed E-state index contributed by atoms with van der Waals surface area (Å²) in [5.41, 5.74) is 7.01. The van der Waals surface area contributed by atoms with Crippen molar-refractivity contribution in [3.05, 3.63) is 97.4 Å². The lowest BCUT2D eigenvalue weighted by Crippen LogP contribution is -2.36. The normalized spacial score (nSPS) is 17.3. The van der Waals surface area contributed by atoms with Gasteiger partial charge >= 0.3 is 0 Å². The Morgan fingerprint density at radius 3 is 2.28 bits per heavy atom. The number of benzene rings is 2. The number of nitrogen functional groups attached to an aromatic ring is 1. The molecule has 1 aliphatic heterocycles. The number of hydrogen-bond donors (Lipinski definition) is 3. The molecule has 1 unspecified atom stereocenters. The van der Waals surface area contributed by atoms with Gasteiger partial charge in [0.1, 0.15) is 5.82 Å². The summed E-state index contributed by atoms with van der Waals surface area (Å²) >= 11 is 6.02. The van der Waals surface area contributed by atoms with Gasteiger partial charge in [0.15, 0.2) is 5.78 Å². The van der Waals surface area contributed by atoms with E-state index in [2.05, 4.69) is 15.3 Å². The van der Waals surface area contributed by atoms with Crippen molar-refractivity contribution in [1.82, 2.24) is 9.97 Å². The van der Waals surface area contributed by atoms with Gasteiger partial charge in [-0.05, 0) is 17.7 Å². The van der Waals surface area contributed by atoms with Gasteiger partial charge in [-0.25, -0.2) is 0 Å². The van der Waals surface area contributed by atoms with Crippen LogP contribution in [0.3, 0.4) is 0 Å². The molecule has 0 saturated heterocycles. The fourth-order valence-electron chi connectivity index (χ4n) is 3.91. The quantitative estimate of drug-likeness (QED) is 0.574. The Morgan fingerprint density at radius 1 is 0.931 bits per heavy atom. The summed E-state index contributed by atoms with van der Waals surface area (Å²) in [4.78, 5) is 46.0. The number of hydrogen-bond acceptors (Lipinski definition) is 6. The molecule has 4 N–H and O–H groups in total. The molecular formula is C21H13ClN4O3. The molecule has 29 heavy (non-hydrogen) atoms. The number of allylic oxidation sites excluding steroid dienone is 2. The van der Waals surface area contributed by atoms with Crippen LogP contribution in [0.15, 0.2) is 64.6 Å². The number of anilines is 2. The monoisotopic (exact) mass is 404 g/mol. The second kappa shape index (κ2) is 6.15. The maximum Gasteiger partial charge on any atom is 0.258 e. The van der Waals surface area contributed by atoms with Gasteiger partial charge in [-0.1, -0.05) is 48.0 Å². The van der Waals surface area contributed by atoms with Crippen molar-refractivity contribution in [2.75, 3.05) is 11.1 Å². The Hall–Kier alpha value is -3.71. The number of Topliss-reactive ketones (excluding diaryl/α,β-unsaturated/α-hetero) is 2. The van der Waals surface area contributed by atoms with Gasteiger partial charge in [-0.2, -0.15) is 4.98 Å². The third-order valence-corrected chi connectivity index (χ3v) is 5.41. The number of rotatable bonds is 1. The number of nitrogens with zero attached hydrogens (tertiary/aromatic N) is 1. The maximum atomic E-state index is 13.4. The van der Waals surface area contributed by atoms with Crippen LogP contribution in [0.2, 0.25) is 5.02 Å². The van der Waals surface area contributed by atoms with E-state index in [0.717, 1.165) is 0 Å². The number of fused-ring (bicyclic) bond motifs is 2. The zero-order chi connectivity index (χ0) is 20.3. The molecule has 3 aromatic rings. The predicted octanol–water partition coefficient (Wildman–Crippen LogP) is 2.90. The standard InChI is InChI=1S/C21H13ClN4O3/c22-10-7-5-9(6-8-10)13-14-16(24-19-15(13)20(29)26-21(23)25-19)18(28)12-4-2-1-3-11(12)17(14)27/h1-8,13H,(H4,23,24,25,26,29). The molecular weight excluding hydrogens is 392 g/mol. The number of nitrogens with two attached hydrogens (primary N) is 1. The van der Waals surface area contributed by atoms with Gasteiger partial charge < -0.3 is 11.1 Å². The molecule has 2 aromatic carbocycles. The van der Waals surface area contributed by atoms with Crippen LogP contribution in [0.25, 0.3) is 0 Å². The fraction of sp³-hybridized carbons (Fsp3) is 0.0476. The molecule has 1 aliphatic carbocycles. The second-order valence-electron chi connectivity index (χ2n) is 6.82. The van der Waals surface area contributed by atoms with E-state index in [1.165, 1.54) is 0 Å². The topological polar surface area (TPSA) is 118 Å². The second-order valence-corrected chi connectivity index (χ2v) is 7.25. The third-order valence-electron chi connectivity index (χ3n) is 5.16. The number of carbonyl (C=O) groups is 2. The number of aromatic nitrogens is 2. The van der Waals surface area contributed by atoms with Crippen LogP contribution in [0, 0.1) is 0 Å². The lowest BCUT2D eigenvalue weighted by molar-refractivity contribution is 0.0971. The van der Waals surface area contributed by atoms with Crippen molar-refractivity contribution in [1.29, 1.82) is 0 Å². The van der Waals surface area contributed by atoms with E-state index < -0.39 is 11.5 Å². The van der Waals surface area contributed by atoms with Gasteiger partial charge in [-0.3, -0.25) is 19.4 Å². The predicted molar refractivity (Wildman–Crippen MR) is 108 cm³/mol. The largest absolute Gasteiger partial charge is 0.369 e. The number of H-pyrrole nitrogens is 1. The summed E-state index contributed by atoms with van der Waals surface area (Å²) in [6.45, 7) is 0. The smallest absolute Gasteiger partial charge is 0.258 e. The Kier molecular flexibility index (Phi) is 3.69. The summed E-state index contributed by atoms with van der Waals surface area (Å²) < 4.78 is 0. The average Bonchev–Trinajstić information content (AvgIpc) is 2.71. The Bertz CT molecular complexity index is 1310. The summed E-state index contributed by atoms with van der Waals surface area (Å²) in [6, 6.07) is 13.4. The minimum absolute atomic E-state index is 0.0878. The van der Waals surface area contributed by atoms with Crippen LogP contribution in [-0.2, 0) is 0 Å². The SMILES string of the molecule is Nc1nc2c(c(=O)[nH]1)C(c1ccc(Cl)cc1)C1=C(N2)C(=O)c2ccccc2C1=O. The zero-order valence-corrected chi connectivity index (χ0v) is 15.6. The number of ketones is 2. The van der Waals surface area contributed by atoms with Crippen LogP contribution in [0.5, 0.6) is 0 Å². The van der Waals surface area contributed by atoms with Gasteiger partial charge in [-0.15, -0.1) is 0 Å². The van der Waals surface area contributed by atoms with E-state index in [0.29, 0.717) is 21.7 Å². The molecule has 0 fully saturated rings. The molecule has 0 spiro atoms. The van der Waals surface area contributed by atoms with Crippen molar-refractivity contribution >= 4 is 34.9 Å². The maximum absolute atomic E-state index is 13.4. The first-order valence-electron chi connectivity index (χ1n) is 8.80. The van der Waals surface area contributed by atoms with Crippen molar-refractivity contribution in [3.8, 4) is 0 Å². The van der Waals surface area contributed by atoms with Crippen molar-refractivity contribution in [3.63, 3.8) is 0 Å². The van der Waals surface area contributed by atoms with Crippen molar-refractivity contribution in [2.45, 2.75) is 5.92 Å². The molecule has 1 aromatic heterocycles. The van der Waals surface area contributed by atoms with E-state index in [4.69, 9.17) is 17.3 Å². The molecule has 0 saturated carbocycles. The zero-order valence-electron chi connectivity index (χ0n) is 14.8. The first-order valence-corrected chi connectivity index (χ1v) is 9.18. The highest BCUT2D eigenvalue weighted by atomic mass is 35.5. The van der Waals surface area contributed by atoms with Crippen molar-refractivity contribution < 1.29 is 9.59 Å². The van der Waals surface area contributed by atoms with E-state index in [-0.39, 0.29) is 40.2 Å². The van der Waals surface area contributed by atoms with Gasteiger partial charge in [0.05, 0.1) is 11.3 Å². The molecule has 1 atom stereocenters. The summed E-state index contributed by atoms with van der Waals surface area (Å²) in [7, 11) is 0. The first-order chi connectivity index (χ1) is 14.0. The van der Waals surface area contributed by atoms with Crippen LogP contribution in [0.4, 0.5) is 11.8 Å². The highest BCUT2D eigenvalue weighted by Gasteiger charge is 2.42. The molecule has 142 valence electrons. The lowest BCUT2D eigenvalue weighted by atomic mass is 9.74.